The van der Waals surface area contributed by atoms with Crippen LogP contribution in [0.4, 0.5) is 0 Å². The molecule has 0 spiro atoms. The van der Waals surface area contributed by atoms with Crippen molar-refractivity contribution in [3.63, 3.8) is 0 Å². The summed E-state index contributed by atoms with van der Waals surface area (Å²) >= 11 is 3.59. The number of Topliss-reactive ketones (excluding diaryl/α,β-unsaturated/α-hetero) is 1. The third-order valence-electron chi connectivity index (χ3n) is 3.11. The molecule has 0 N–H and O–H groups in total. The second-order valence-electron chi connectivity index (χ2n) is 4.28. The normalized spacial score (nSPS) is 27.1. The zero-order valence-electron chi connectivity index (χ0n) is 8.91. The zero-order chi connectivity index (χ0) is 10.7. The van der Waals surface area contributed by atoms with E-state index in [0.717, 1.165) is 19.3 Å². The number of hydrogen-bond donors (Lipinski definition) is 0. The quantitative estimate of drug-likeness (QED) is 0.716. The molecule has 0 aromatic rings. The van der Waals surface area contributed by atoms with E-state index in [1.165, 1.54) is 35.8 Å². The minimum absolute atomic E-state index is 0.380. The van der Waals surface area contributed by atoms with Gasteiger partial charge in [0.15, 0.2) is 0 Å². The average molecular weight is 337 g/mol. The van der Waals surface area contributed by atoms with Crippen molar-refractivity contribution < 1.29 is 4.79 Å². The maximum atomic E-state index is 11.6. The summed E-state index contributed by atoms with van der Waals surface area (Å²) < 4.78 is 1.39. The van der Waals surface area contributed by atoms with Gasteiger partial charge in [-0.1, -0.05) is 0 Å². The molecule has 0 aromatic carbocycles. The van der Waals surface area contributed by atoms with Crippen molar-refractivity contribution in [3.05, 3.63) is 0 Å². The van der Waals surface area contributed by atoms with E-state index >= 15 is 0 Å². The third kappa shape index (κ3) is 3.17. The molecule has 15 heavy (non-hydrogen) atoms. The van der Waals surface area contributed by atoms with Crippen molar-refractivity contribution in [3.8, 4) is 0 Å². The Bertz CT molecular complexity index is 261. The van der Waals surface area contributed by atoms with Crippen LogP contribution in [0.25, 0.3) is 0 Å². The topological polar surface area (TPSA) is 20.3 Å². The van der Waals surface area contributed by atoms with Gasteiger partial charge in [-0.2, -0.15) is 0 Å². The van der Waals surface area contributed by atoms with Crippen LogP contribution in [0.2, 0.25) is 4.82 Å². The van der Waals surface area contributed by atoms with Gasteiger partial charge in [-0.05, 0) is 0 Å². The third-order valence-corrected chi connectivity index (χ3v) is 7.30. The van der Waals surface area contributed by atoms with Crippen LogP contribution in [0, 0.1) is 0 Å². The van der Waals surface area contributed by atoms with Crippen molar-refractivity contribution in [2.75, 3.05) is 13.1 Å². The molecular weight excluding hydrogens is 320 g/mol. The van der Waals surface area contributed by atoms with Crippen LogP contribution in [-0.4, -0.2) is 57.7 Å². The first-order valence-corrected chi connectivity index (χ1v) is 8.46. The number of ketones is 1. The number of nitrogens with zero attached hydrogens (tertiary/aromatic N) is 1. The predicted molar refractivity (Wildman–Crippen MR) is 64.5 cm³/mol. The van der Waals surface area contributed by atoms with E-state index in [4.69, 9.17) is 0 Å². The van der Waals surface area contributed by atoms with Crippen LogP contribution in [0.15, 0.2) is 0 Å². The van der Waals surface area contributed by atoms with Crippen LogP contribution in [-0.2, 0) is 4.79 Å². The minimum atomic E-state index is 0.380. The van der Waals surface area contributed by atoms with Crippen molar-refractivity contribution >= 4 is 39.8 Å². The molecule has 2 aliphatic rings. The first-order chi connectivity index (χ1) is 7.27. The van der Waals surface area contributed by atoms with Crippen LogP contribution >= 0.6 is 0 Å². The monoisotopic (exact) mass is 339 g/mol. The van der Waals surface area contributed by atoms with Crippen molar-refractivity contribution in [2.45, 2.75) is 43.3 Å². The van der Waals surface area contributed by atoms with Crippen LogP contribution in [0.1, 0.15) is 38.5 Å². The Morgan fingerprint density at radius 2 is 2.00 bits per heavy atom. The van der Waals surface area contributed by atoms with Gasteiger partial charge in [0.05, 0.1) is 0 Å². The molecule has 84 valence electrons. The van der Waals surface area contributed by atoms with Crippen LogP contribution < -0.4 is 0 Å². The zero-order valence-corrected chi connectivity index (χ0v) is 12.3. The number of rotatable bonds is 3. The Morgan fingerprint density at radius 1 is 1.27 bits per heavy atom. The first-order valence-electron chi connectivity index (χ1n) is 5.75. The molecule has 1 aliphatic carbocycles. The molecule has 2 fully saturated rings. The van der Waals surface area contributed by atoms with E-state index in [1.807, 2.05) is 0 Å². The molecule has 1 unspecified atom stereocenters. The Labute approximate surface area is 106 Å². The number of carbonyl (C=O) groups is 1. The van der Waals surface area contributed by atoms with E-state index in [0.29, 0.717) is 25.6 Å². The fourth-order valence-electron chi connectivity index (χ4n) is 2.18. The van der Waals surface area contributed by atoms with E-state index in [-0.39, 0.29) is 0 Å². The van der Waals surface area contributed by atoms with Gasteiger partial charge in [0.1, 0.15) is 0 Å². The van der Waals surface area contributed by atoms with Crippen LogP contribution in [0.5, 0.6) is 0 Å². The fourth-order valence-corrected chi connectivity index (χ4v) is 6.16. The Hall–Kier alpha value is 0.379. The molecule has 0 bridgehead atoms. The summed E-state index contributed by atoms with van der Waals surface area (Å²) in [6.07, 6.45) is 7.11. The fraction of sp³-hybridized carbons (Fsp3) is 0.818. The molecule has 0 amide bonds. The Kier molecular flexibility index (Phi) is 4.45. The molecule has 1 saturated carbocycles. The summed E-state index contributed by atoms with van der Waals surface area (Å²) in [5.41, 5.74) is 0. The van der Waals surface area contributed by atoms with Gasteiger partial charge in [-0.25, -0.2) is 0 Å². The second kappa shape index (κ2) is 5.63. The molecule has 0 aromatic heterocycles. The molecule has 1 saturated heterocycles. The molecule has 1 atom stereocenters. The summed E-state index contributed by atoms with van der Waals surface area (Å²) in [5, 5.41) is 0. The molecule has 2 nitrogen and oxygen atoms in total. The number of carbonyl (C=O) groups excluding carboxylic acids is 1. The first kappa shape index (κ1) is 11.9. The van der Waals surface area contributed by atoms with Crippen molar-refractivity contribution in [1.82, 2.24) is 4.90 Å². The standard InChI is InChI=1S/C11H17NOSe2/c13-9-5-4-6-10(9)15-11(14)12-7-2-1-3-8-12/h10H,1-8H2. The van der Waals surface area contributed by atoms with Gasteiger partial charge in [-0.3, -0.25) is 0 Å². The van der Waals surface area contributed by atoms with E-state index in [9.17, 15) is 4.79 Å². The molecule has 4 heteroatoms. The van der Waals surface area contributed by atoms with Crippen LogP contribution in [0.3, 0.4) is 0 Å². The Morgan fingerprint density at radius 3 is 2.60 bits per heavy atom. The number of hydrogen-bond acceptors (Lipinski definition) is 2. The molecule has 2 rings (SSSR count). The Balaban J connectivity index is 1.82. The number of likely N-dealkylation sites (tertiary alicyclic amines) is 1. The molecular formula is C11H17NOSe2. The average Bonchev–Trinajstić information content (AvgIpc) is 2.66. The van der Waals surface area contributed by atoms with E-state index < -0.39 is 0 Å². The van der Waals surface area contributed by atoms with Gasteiger partial charge in [-0.15, -0.1) is 0 Å². The molecule has 1 heterocycles. The summed E-state index contributed by atoms with van der Waals surface area (Å²) in [7, 11) is 0. The molecule has 1 aliphatic heterocycles. The van der Waals surface area contributed by atoms with Gasteiger partial charge in [0.25, 0.3) is 0 Å². The van der Waals surface area contributed by atoms with Crippen molar-refractivity contribution in [2.24, 2.45) is 0 Å². The number of piperidine rings is 1. The summed E-state index contributed by atoms with van der Waals surface area (Å²) in [4.78, 5) is 14.4. The second-order valence-corrected chi connectivity index (χ2v) is 8.90. The van der Waals surface area contributed by atoms with Gasteiger partial charge in [0.2, 0.25) is 0 Å². The van der Waals surface area contributed by atoms with Crippen molar-refractivity contribution in [1.29, 1.82) is 0 Å². The van der Waals surface area contributed by atoms with E-state index in [2.05, 4.69) is 20.5 Å². The summed E-state index contributed by atoms with van der Waals surface area (Å²) in [6.45, 7) is 2.40. The summed E-state index contributed by atoms with van der Waals surface area (Å²) in [6, 6.07) is 0. The predicted octanol–water partition coefficient (Wildman–Crippen LogP) is 0.974. The van der Waals surface area contributed by atoms with Gasteiger partial charge in [0, 0.05) is 0 Å². The van der Waals surface area contributed by atoms with E-state index in [1.54, 1.807) is 0 Å². The summed E-state index contributed by atoms with van der Waals surface area (Å²) in [5.74, 6) is 0.514. The van der Waals surface area contributed by atoms with Gasteiger partial charge < -0.3 is 0 Å². The van der Waals surface area contributed by atoms with Gasteiger partial charge >= 0.3 is 106 Å². The SMILES string of the molecule is O=C1CCCC1[Se]C(=[Se])N1CCCCC1. The maximum absolute atomic E-state index is 11.6. The molecule has 0 radical (unpaired) electrons.